The van der Waals surface area contributed by atoms with Crippen molar-refractivity contribution in [2.45, 2.75) is 16.7 Å². The van der Waals surface area contributed by atoms with Gasteiger partial charge in [0.1, 0.15) is 6.61 Å². The van der Waals surface area contributed by atoms with E-state index in [-0.39, 0.29) is 11.2 Å². The molecule has 0 N–H and O–H groups in total. The summed E-state index contributed by atoms with van der Waals surface area (Å²) in [5, 5.41) is 0. The average Bonchev–Trinajstić information content (AvgIpc) is 2.43. The zero-order valence-electron chi connectivity index (χ0n) is 12.0. The molecule has 0 amide bonds. The van der Waals surface area contributed by atoms with Crippen LogP contribution in [0.15, 0.2) is 70.5 Å². The molecule has 0 heterocycles. The SMILES string of the molecule is CCO[S+](c1ccccc1)c1ccccc1.[F][Sb-]([F])([F])([F])([F])[F]. The zero-order valence-corrected chi connectivity index (χ0v) is 15.4. The Balaban J connectivity index is 0.000000322. The van der Waals surface area contributed by atoms with Gasteiger partial charge in [0, 0.05) is 0 Å². The summed E-state index contributed by atoms with van der Waals surface area (Å²) in [7, 11) is 0. The summed E-state index contributed by atoms with van der Waals surface area (Å²) in [6.07, 6.45) is 0. The Morgan fingerprint density at radius 2 is 1.04 bits per heavy atom. The molecular weight excluding hydrogens is 452 g/mol. The Morgan fingerprint density at radius 1 is 0.739 bits per heavy atom. The Bertz CT molecular complexity index is 552. The van der Waals surface area contributed by atoms with Gasteiger partial charge < -0.3 is 0 Å². The van der Waals surface area contributed by atoms with Crippen molar-refractivity contribution in [2.75, 3.05) is 6.61 Å². The van der Waals surface area contributed by atoms with E-state index < -0.39 is 19.5 Å². The Hall–Kier alpha value is -0.852. The van der Waals surface area contributed by atoms with E-state index in [1.54, 1.807) is 0 Å². The van der Waals surface area contributed by atoms with E-state index in [4.69, 9.17) is 4.18 Å². The van der Waals surface area contributed by atoms with Gasteiger partial charge in [0.05, 0.1) is 0 Å². The summed E-state index contributed by atoms with van der Waals surface area (Å²) in [6.45, 7) is 2.76. The van der Waals surface area contributed by atoms with Gasteiger partial charge in [-0.05, 0) is 31.2 Å². The maximum absolute atomic E-state index is 11.2. The summed E-state index contributed by atoms with van der Waals surface area (Å²) >= 11 is -11.5. The third kappa shape index (κ3) is 11.3. The van der Waals surface area contributed by atoms with E-state index in [1.807, 2.05) is 19.1 Å². The first-order chi connectivity index (χ1) is 10.4. The summed E-state index contributed by atoms with van der Waals surface area (Å²) in [4.78, 5) is 2.46. The molecular formula is C14H15F6OSSb. The first-order valence-electron chi connectivity index (χ1n) is 6.41. The van der Waals surface area contributed by atoms with Crippen molar-refractivity contribution in [1.29, 1.82) is 0 Å². The predicted molar refractivity (Wildman–Crippen MR) is 80.8 cm³/mol. The molecule has 0 atom stereocenters. The molecule has 9 heteroatoms. The van der Waals surface area contributed by atoms with E-state index >= 15 is 0 Å². The van der Waals surface area contributed by atoms with Crippen molar-refractivity contribution in [3.63, 3.8) is 0 Å². The van der Waals surface area contributed by atoms with Crippen molar-refractivity contribution in [2.24, 2.45) is 0 Å². The predicted octanol–water partition coefficient (Wildman–Crippen LogP) is 5.81. The van der Waals surface area contributed by atoms with Gasteiger partial charge in [-0.3, -0.25) is 0 Å². The van der Waals surface area contributed by atoms with Crippen LogP contribution in [0.5, 0.6) is 0 Å². The Morgan fingerprint density at radius 3 is 1.30 bits per heavy atom. The van der Waals surface area contributed by atoms with Crippen LogP contribution < -0.4 is 0 Å². The second-order valence-electron chi connectivity index (χ2n) is 4.26. The van der Waals surface area contributed by atoms with Gasteiger partial charge in [0.25, 0.3) is 0 Å². The van der Waals surface area contributed by atoms with Gasteiger partial charge in [-0.2, -0.15) is 4.18 Å². The number of hydrogen-bond donors (Lipinski definition) is 0. The molecule has 0 bridgehead atoms. The van der Waals surface area contributed by atoms with Crippen molar-refractivity contribution >= 4 is 30.7 Å². The molecule has 130 valence electrons. The molecule has 0 aliphatic heterocycles. The topological polar surface area (TPSA) is 9.23 Å². The summed E-state index contributed by atoms with van der Waals surface area (Å²) < 4.78 is 65.4. The molecule has 0 unspecified atom stereocenters. The molecule has 0 fully saturated rings. The molecule has 0 spiro atoms. The molecule has 2 rings (SSSR count). The maximum atomic E-state index is 9.93. The molecule has 0 saturated carbocycles. The van der Waals surface area contributed by atoms with E-state index in [0.29, 0.717) is 0 Å². The van der Waals surface area contributed by atoms with Gasteiger partial charge in [-0.1, -0.05) is 36.4 Å². The minimum absolute atomic E-state index is 0.251. The molecule has 0 radical (unpaired) electrons. The number of hydrogen-bond acceptors (Lipinski definition) is 1. The van der Waals surface area contributed by atoms with Gasteiger partial charge >= 0.3 is 36.4 Å². The van der Waals surface area contributed by atoms with Crippen LogP contribution in [0.1, 0.15) is 6.92 Å². The van der Waals surface area contributed by atoms with Crippen LogP contribution in [0.2, 0.25) is 0 Å². The van der Waals surface area contributed by atoms with E-state index in [9.17, 15) is 16.9 Å². The standard InChI is InChI=1S/C14H15OS.6FH.Sb/c1-2-15-16(13-9-5-3-6-10-13)14-11-7-4-8-12-14;;;;;;;/h3-12H,2H2,1H3;6*1H;/q+1;;;;;;;+5/p-6. The number of rotatable bonds is 4. The van der Waals surface area contributed by atoms with Crippen LogP contribution in [-0.4, -0.2) is 26.1 Å². The molecule has 23 heavy (non-hydrogen) atoms. The summed E-state index contributed by atoms with van der Waals surface area (Å²) in [5.41, 5.74) is 0. The fourth-order valence-electron chi connectivity index (χ4n) is 1.48. The molecule has 0 aliphatic carbocycles. The Labute approximate surface area is 135 Å². The number of halogens is 6. The normalized spacial score (nSPS) is 14.4. The van der Waals surface area contributed by atoms with Gasteiger partial charge in [0.15, 0.2) is 9.79 Å². The van der Waals surface area contributed by atoms with Gasteiger partial charge in [0.2, 0.25) is 11.2 Å². The van der Waals surface area contributed by atoms with E-state index in [0.717, 1.165) is 6.61 Å². The van der Waals surface area contributed by atoms with E-state index in [1.165, 1.54) is 9.79 Å². The second-order valence-corrected chi connectivity index (χ2v) is 11.4. The fraction of sp³-hybridized carbons (Fsp3) is 0.143. The fourth-order valence-corrected chi connectivity index (χ4v) is 3.07. The summed E-state index contributed by atoms with van der Waals surface area (Å²) in [6, 6.07) is 20.7. The van der Waals surface area contributed by atoms with Crippen LogP contribution in [0, 0.1) is 0 Å². The van der Waals surface area contributed by atoms with Crippen LogP contribution in [0.25, 0.3) is 0 Å². The average molecular weight is 467 g/mol. The van der Waals surface area contributed by atoms with Crippen LogP contribution in [0.3, 0.4) is 0 Å². The van der Waals surface area contributed by atoms with Crippen molar-refractivity contribution in [3.8, 4) is 0 Å². The second kappa shape index (κ2) is 6.95. The molecule has 0 aromatic heterocycles. The van der Waals surface area contributed by atoms with Crippen molar-refractivity contribution in [3.05, 3.63) is 60.7 Å². The third-order valence-electron chi connectivity index (χ3n) is 2.15. The molecule has 0 saturated heterocycles. The van der Waals surface area contributed by atoms with Crippen LogP contribution in [0.4, 0.5) is 16.9 Å². The van der Waals surface area contributed by atoms with Crippen LogP contribution in [-0.2, 0) is 15.4 Å². The van der Waals surface area contributed by atoms with Crippen molar-refractivity contribution < 1.29 is 21.1 Å². The molecule has 2 aromatic rings. The monoisotopic (exact) mass is 466 g/mol. The molecule has 2 aromatic carbocycles. The zero-order chi connectivity index (χ0) is 17.6. The number of benzene rings is 2. The first-order valence-corrected chi connectivity index (χ1v) is 13.3. The third-order valence-corrected chi connectivity index (χ3v) is 4.02. The van der Waals surface area contributed by atoms with E-state index in [2.05, 4.69) is 48.5 Å². The quantitative estimate of drug-likeness (QED) is 0.313. The van der Waals surface area contributed by atoms with Crippen LogP contribution >= 0.6 is 0 Å². The van der Waals surface area contributed by atoms with Crippen molar-refractivity contribution in [1.82, 2.24) is 0 Å². The molecule has 0 aliphatic rings. The minimum atomic E-state index is -11.2. The Kier molecular flexibility index (Phi) is 6.10. The van der Waals surface area contributed by atoms with Gasteiger partial charge in [-0.25, -0.2) is 0 Å². The summed E-state index contributed by atoms with van der Waals surface area (Å²) in [5.74, 6) is 0. The molecule has 1 nitrogen and oxygen atoms in total. The van der Waals surface area contributed by atoms with Gasteiger partial charge in [-0.15, -0.1) is 0 Å². The first kappa shape index (κ1) is 20.2.